The standard InChI is InChI=1S/C9H6N.C5H5.2CH3.2ClH.Cr/c1-2-6-9-8(4-1)5-3-7-10-9;1-2-4-5-3-1;;;;;/h1-5,7H;1-3H,4H2;2*1H3;2*1H;/q4*-1;;;+4. The summed E-state index contributed by atoms with van der Waals surface area (Å²) in [6.45, 7) is 0. The summed E-state index contributed by atoms with van der Waals surface area (Å²) < 4.78 is 0. The summed E-state index contributed by atoms with van der Waals surface area (Å²) >= 11 is 0. The molecule has 108 valence electrons. The quantitative estimate of drug-likeness (QED) is 0.605. The third kappa shape index (κ3) is 9.18. The van der Waals surface area contributed by atoms with Crippen LogP contribution in [0, 0.1) is 27.0 Å². The zero-order chi connectivity index (χ0) is 10.3. The molecule has 0 bridgehead atoms. The van der Waals surface area contributed by atoms with E-state index in [1.54, 1.807) is 6.20 Å². The minimum absolute atomic E-state index is 0. The largest absolute Gasteiger partial charge is 4.00 e. The molecule has 1 heterocycles. The van der Waals surface area contributed by atoms with Crippen LogP contribution in [0.5, 0.6) is 0 Å². The van der Waals surface area contributed by atoms with Crippen molar-refractivity contribution in [2.24, 2.45) is 0 Å². The van der Waals surface area contributed by atoms with E-state index in [2.05, 4.69) is 23.2 Å². The number of halogens is 2. The molecule has 1 aliphatic carbocycles. The van der Waals surface area contributed by atoms with E-state index in [1.165, 1.54) is 0 Å². The van der Waals surface area contributed by atoms with Crippen molar-refractivity contribution in [2.75, 3.05) is 0 Å². The van der Waals surface area contributed by atoms with Crippen LogP contribution in [0.4, 0.5) is 0 Å². The molecule has 20 heavy (non-hydrogen) atoms. The van der Waals surface area contributed by atoms with Gasteiger partial charge < -0.3 is 14.9 Å². The van der Waals surface area contributed by atoms with Crippen LogP contribution < -0.4 is 0 Å². The molecule has 0 atom stereocenters. The number of benzene rings is 1. The molecule has 0 fully saturated rings. The first-order valence-electron chi connectivity index (χ1n) is 4.90. The summed E-state index contributed by atoms with van der Waals surface area (Å²) in [5.74, 6) is 0. The Balaban J connectivity index is -0.000000115. The molecular formula is C16H19Cl2CrN. The Bertz CT molecular complexity index is 423. The maximum atomic E-state index is 4.13. The van der Waals surface area contributed by atoms with E-state index in [0.29, 0.717) is 0 Å². The van der Waals surface area contributed by atoms with Gasteiger partial charge in [-0.15, -0.1) is 42.7 Å². The van der Waals surface area contributed by atoms with Crippen LogP contribution in [-0.2, 0) is 17.4 Å². The van der Waals surface area contributed by atoms with Crippen LogP contribution in [0.2, 0.25) is 0 Å². The third-order valence-corrected chi connectivity index (χ3v) is 2.02. The summed E-state index contributed by atoms with van der Waals surface area (Å²) in [6, 6.07) is 12.9. The predicted molar refractivity (Wildman–Crippen MR) is 89.5 cm³/mol. The van der Waals surface area contributed by atoms with Crippen LogP contribution in [0.3, 0.4) is 0 Å². The molecule has 2 aromatic rings. The fourth-order valence-corrected chi connectivity index (χ4v) is 1.29. The van der Waals surface area contributed by atoms with Gasteiger partial charge in [0.1, 0.15) is 0 Å². The molecule has 0 aliphatic heterocycles. The van der Waals surface area contributed by atoms with Crippen LogP contribution in [0.15, 0.2) is 54.8 Å². The summed E-state index contributed by atoms with van der Waals surface area (Å²) in [6.07, 6.45) is 11.8. The van der Waals surface area contributed by atoms with Gasteiger partial charge in [-0.2, -0.15) is 30.3 Å². The van der Waals surface area contributed by atoms with Gasteiger partial charge in [0.15, 0.2) is 0 Å². The number of fused-ring (bicyclic) bond motifs is 1. The number of para-hydroxylation sites is 1. The number of aromatic nitrogens is 1. The number of allylic oxidation sites excluding steroid dienone is 4. The molecule has 0 amide bonds. The topological polar surface area (TPSA) is 12.9 Å². The van der Waals surface area contributed by atoms with Gasteiger partial charge in [0.05, 0.1) is 0 Å². The number of nitrogens with zero attached hydrogens (tertiary/aromatic N) is 1. The second-order valence-electron chi connectivity index (χ2n) is 3.11. The maximum Gasteiger partial charge on any atom is 4.00 e. The van der Waals surface area contributed by atoms with Crippen LogP contribution in [-0.4, -0.2) is 4.98 Å². The average molecular weight is 348 g/mol. The van der Waals surface area contributed by atoms with Gasteiger partial charge in [0.25, 0.3) is 0 Å². The van der Waals surface area contributed by atoms with Crippen molar-refractivity contribution < 1.29 is 17.4 Å². The Morgan fingerprint density at radius 1 is 1.05 bits per heavy atom. The minimum Gasteiger partial charge on any atom is -0.358 e. The Kier molecular flexibility index (Phi) is 22.4. The fraction of sp³-hybridized carbons (Fsp3) is 0.0625. The molecule has 1 aromatic carbocycles. The van der Waals surface area contributed by atoms with Gasteiger partial charge in [-0.1, -0.05) is 6.07 Å². The number of hydrogen-bond donors (Lipinski definition) is 0. The molecule has 0 spiro atoms. The van der Waals surface area contributed by atoms with Crippen LogP contribution in [0.25, 0.3) is 10.9 Å². The van der Waals surface area contributed by atoms with Gasteiger partial charge in [0, 0.05) is 6.20 Å². The van der Waals surface area contributed by atoms with E-state index < -0.39 is 0 Å². The molecule has 4 heteroatoms. The molecule has 1 aromatic heterocycles. The van der Waals surface area contributed by atoms with E-state index in [0.717, 1.165) is 17.3 Å². The second-order valence-corrected chi connectivity index (χ2v) is 3.11. The SMILES string of the molecule is Cl.Cl.[C-]1=CC=CC1.[CH3-].[CH3-].[Cr+4].[c-]1cccc2cccnc12. The molecular weight excluding hydrogens is 329 g/mol. The first kappa shape index (κ1) is 27.5. The van der Waals surface area contributed by atoms with E-state index in [-0.39, 0.29) is 57.0 Å². The zero-order valence-corrected chi connectivity index (χ0v) is 14.5. The van der Waals surface area contributed by atoms with E-state index in [4.69, 9.17) is 0 Å². The number of rotatable bonds is 0. The third-order valence-electron chi connectivity index (χ3n) is 2.02. The normalized spacial score (nSPS) is 9.40. The number of pyridine rings is 1. The molecule has 0 saturated heterocycles. The van der Waals surface area contributed by atoms with Crippen molar-refractivity contribution in [3.63, 3.8) is 0 Å². The van der Waals surface area contributed by atoms with E-state index in [9.17, 15) is 0 Å². The summed E-state index contributed by atoms with van der Waals surface area (Å²) in [7, 11) is 0. The Morgan fingerprint density at radius 2 is 1.75 bits per heavy atom. The zero-order valence-electron chi connectivity index (χ0n) is 11.6. The van der Waals surface area contributed by atoms with Gasteiger partial charge in [-0.25, -0.2) is 12.2 Å². The van der Waals surface area contributed by atoms with E-state index in [1.807, 2.05) is 42.5 Å². The number of hydrogen-bond acceptors (Lipinski definition) is 1. The molecule has 0 saturated carbocycles. The monoisotopic (exact) mass is 347 g/mol. The van der Waals surface area contributed by atoms with Gasteiger partial charge in [0.2, 0.25) is 0 Å². The first-order valence-corrected chi connectivity index (χ1v) is 4.90. The van der Waals surface area contributed by atoms with Crippen molar-refractivity contribution in [3.05, 3.63) is 81.8 Å². The van der Waals surface area contributed by atoms with Crippen molar-refractivity contribution in [1.82, 2.24) is 4.98 Å². The Morgan fingerprint density at radius 3 is 2.25 bits per heavy atom. The summed E-state index contributed by atoms with van der Waals surface area (Å²) in [4.78, 5) is 4.13. The second kappa shape index (κ2) is 16.3. The van der Waals surface area contributed by atoms with Crippen molar-refractivity contribution in [2.45, 2.75) is 6.42 Å². The first-order chi connectivity index (χ1) is 7.47. The minimum atomic E-state index is 0. The molecule has 0 N–H and O–H groups in total. The summed E-state index contributed by atoms with van der Waals surface area (Å²) in [5.41, 5.74) is 0.935. The van der Waals surface area contributed by atoms with Gasteiger partial charge in [-0.05, 0) is 5.52 Å². The summed E-state index contributed by atoms with van der Waals surface area (Å²) in [5, 5.41) is 1.14. The molecule has 0 radical (unpaired) electrons. The van der Waals surface area contributed by atoms with Crippen molar-refractivity contribution in [3.8, 4) is 0 Å². The smallest absolute Gasteiger partial charge is 0.358 e. The molecule has 3 rings (SSSR count). The average Bonchev–Trinajstić information content (AvgIpc) is 2.88. The molecule has 1 aliphatic rings. The maximum absolute atomic E-state index is 4.13. The van der Waals surface area contributed by atoms with Crippen LogP contribution in [0.1, 0.15) is 6.42 Å². The van der Waals surface area contributed by atoms with Gasteiger partial charge in [-0.3, -0.25) is 11.1 Å². The Hall–Kier alpha value is -0.778. The fourth-order valence-electron chi connectivity index (χ4n) is 1.29. The van der Waals surface area contributed by atoms with Gasteiger partial charge >= 0.3 is 17.4 Å². The van der Waals surface area contributed by atoms with E-state index >= 15 is 0 Å². The molecule has 0 unspecified atom stereocenters. The molecule has 1 nitrogen and oxygen atoms in total. The van der Waals surface area contributed by atoms with Crippen LogP contribution >= 0.6 is 24.8 Å². The van der Waals surface area contributed by atoms with Crippen molar-refractivity contribution >= 4 is 35.7 Å². The predicted octanol–water partition coefficient (Wildman–Crippen LogP) is 5.08. The Labute approximate surface area is 146 Å². The van der Waals surface area contributed by atoms with Crippen molar-refractivity contribution in [1.29, 1.82) is 0 Å².